The Labute approximate surface area is 186 Å². The standard InChI is InChI=1S/2C8H16N2S2.Zn/c2*1-6(2)5-7(3)9-10-8(11)12-4;/h2*6H,5H2,1-4H3,(H,10,11);. The van der Waals surface area contributed by atoms with Gasteiger partial charge in [0.05, 0.1) is 0 Å². The molecule has 0 unspecified atom stereocenters. The first-order chi connectivity index (χ1) is 11.1. The van der Waals surface area contributed by atoms with Crippen molar-refractivity contribution in [2.75, 3.05) is 12.5 Å². The van der Waals surface area contributed by atoms with E-state index in [0.29, 0.717) is 20.5 Å². The smallest absolute Gasteiger partial charge is 0.174 e. The molecule has 0 saturated heterocycles. The Bertz CT molecular complexity index is 398. The van der Waals surface area contributed by atoms with E-state index in [1.54, 1.807) is 0 Å². The molecule has 0 amide bonds. The molecule has 4 nitrogen and oxygen atoms in total. The van der Waals surface area contributed by atoms with E-state index < -0.39 is 0 Å². The van der Waals surface area contributed by atoms with Crippen LogP contribution in [-0.2, 0) is 43.9 Å². The fourth-order valence-corrected chi connectivity index (χ4v) is 1.94. The Kier molecular flexibility index (Phi) is 23.2. The van der Waals surface area contributed by atoms with Crippen molar-refractivity contribution in [3.05, 3.63) is 10.9 Å². The van der Waals surface area contributed by atoms with Crippen LogP contribution in [0.25, 0.3) is 10.9 Å². The Balaban J connectivity index is -0.000000372. The van der Waals surface area contributed by atoms with Crippen molar-refractivity contribution >= 4 is 68.0 Å². The molecule has 0 fully saturated rings. The van der Waals surface area contributed by atoms with Gasteiger partial charge in [0.25, 0.3) is 0 Å². The summed E-state index contributed by atoms with van der Waals surface area (Å²) >= 11 is 11.2. The molecule has 0 radical (unpaired) electrons. The van der Waals surface area contributed by atoms with E-state index in [9.17, 15) is 0 Å². The van der Waals surface area contributed by atoms with Gasteiger partial charge in [-0.1, -0.05) is 51.2 Å². The maximum absolute atomic E-state index is 4.10. The minimum atomic E-state index is 0. The van der Waals surface area contributed by atoms with Crippen molar-refractivity contribution in [1.29, 1.82) is 0 Å². The minimum absolute atomic E-state index is 0. The molecular formula is C16H32N4S4Zn. The number of thioether (sulfide) groups is 2. The predicted molar refractivity (Wildman–Crippen MR) is 126 cm³/mol. The molecule has 0 bridgehead atoms. The molecule has 0 aliphatic carbocycles. The maximum atomic E-state index is 4.10. The van der Waals surface area contributed by atoms with Crippen LogP contribution in [0.4, 0.5) is 0 Å². The van der Waals surface area contributed by atoms with E-state index in [-0.39, 0.29) is 19.5 Å². The van der Waals surface area contributed by atoms with Gasteiger partial charge in [-0.2, -0.15) is 0 Å². The van der Waals surface area contributed by atoms with Crippen LogP contribution in [0.2, 0.25) is 0 Å². The summed E-state index contributed by atoms with van der Waals surface area (Å²) in [5.74, 6) is 1.28. The van der Waals surface area contributed by atoms with E-state index in [1.165, 1.54) is 23.5 Å². The van der Waals surface area contributed by atoms with Gasteiger partial charge in [0.1, 0.15) is 0 Å². The summed E-state index contributed by atoms with van der Waals surface area (Å²) in [4.78, 5) is 0. The zero-order valence-corrected chi connectivity index (χ0v) is 23.2. The third kappa shape index (κ3) is 24.4. The zero-order chi connectivity index (χ0) is 19.1. The van der Waals surface area contributed by atoms with Crippen LogP contribution in [0.3, 0.4) is 0 Å². The molecule has 0 saturated carbocycles. The van der Waals surface area contributed by atoms with Gasteiger partial charge in [0.2, 0.25) is 0 Å². The maximum Gasteiger partial charge on any atom is 0.174 e. The van der Waals surface area contributed by atoms with Gasteiger partial charge in [0.15, 0.2) is 33.1 Å². The fraction of sp³-hybridized carbons (Fsp3) is 0.750. The Hall–Kier alpha value is 0.443. The average Bonchev–Trinajstić information content (AvgIpc) is 2.49. The monoisotopic (exact) mass is 472 g/mol. The molecule has 9 heteroatoms. The molecule has 0 aliphatic heterocycles. The quantitative estimate of drug-likeness (QED) is 0.136. The van der Waals surface area contributed by atoms with Crippen LogP contribution in [0.5, 0.6) is 0 Å². The van der Waals surface area contributed by atoms with Gasteiger partial charge in [-0.25, -0.2) is 0 Å². The number of rotatable bonds is 6. The molecule has 0 aromatic rings. The molecule has 0 aromatic heterocycles. The molecule has 0 aliphatic rings. The van der Waals surface area contributed by atoms with Crippen molar-refractivity contribution in [1.82, 2.24) is 0 Å². The summed E-state index contributed by atoms with van der Waals surface area (Å²) in [6.07, 6.45) is 5.86. The van der Waals surface area contributed by atoms with Gasteiger partial charge in [-0.05, 0) is 62.5 Å². The van der Waals surface area contributed by atoms with Gasteiger partial charge >= 0.3 is 0 Å². The van der Waals surface area contributed by atoms with Crippen LogP contribution in [0, 0.1) is 11.8 Å². The Morgan fingerprint density at radius 2 is 1.08 bits per heavy atom. The summed E-state index contributed by atoms with van der Waals surface area (Å²) in [5.41, 5.74) is 9.98. The van der Waals surface area contributed by atoms with Crippen LogP contribution in [-0.4, -0.2) is 32.6 Å². The molecule has 0 spiro atoms. The number of hydrogen-bond donors (Lipinski definition) is 0. The normalized spacial score (nSPS) is 11.4. The molecule has 0 atom stereocenters. The summed E-state index contributed by atoms with van der Waals surface area (Å²) in [5, 5.41) is 8.08. The van der Waals surface area contributed by atoms with E-state index in [0.717, 1.165) is 24.3 Å². The molecule has 25 heavy (non-hydrogen) atoms. The van der Waals surface area contributed by atoms with Crippen molar-refractivity contribution < 1.29 is 19.5 Å². The number of nitrogens with zero attached hydrogens (tertiary/aromatic N) is 4. The first-order valence-electron chi connectivity index (χ1n) is 7.80. The van der Waals surface area contributed by atoms with E-state index in [4.69, 9.17) is 0 Å². The van der Waals surface area contributed by atoms with E-state index in [2.05, 4.69) is 73.2 Å². The second-order valence-corrected chi connectivity index (χ2v) is 9.08. The van der Waals surface area contributed by atoms with Crippen molar-refractivity contribution in [3.8, 4) is 0 Å². The molecule has 0 rings (SSSR count). The van der Waals surface area contributed by atoms with Crippen molar-refractivity contribution in [2.24, 2.45) is 22.0 Å². The predicted octanol–water partition coefficient (Wildman–Crippen LogP) is 5.02. The second-order valence-electron chi connectivity index (χ2n) is 6.04. The molecular weight excluding hydrogens is 442 g/mol. The van der Waals surface area contributed by atoms with Gasteiger partial charge in [-0.15, -0.1) is 0 Å². The van der Waals surface area contributed by atoms with E-state index in [1.807, 2.05) is 26.4 Å². The first kappa shape index (κ1) is 30.2. The van der Waals surface area contributed by atoms with E-state index >= 15 is 0 Å². The molecule has 142 valence electrons. The molecule has 0 N–H and O–H groups in total. The summed E-state index contributed by atoms with van der Waals surface area (Å²) in [6, 6.07) is 0. The molecule has 0 aromatic carbocycles. The minimum Gasteiger partial charge on any atom is -0.520 e. The van der Waals surface area contributed by atoms with Crippen molar-refractivity contribution in [3.63, 3.8) is 0 Å². The Morgan fingerprint density at radius 1 is 0.800 bits per heavy atom. The zero-order valence-electron chi connectivity index (χ0n) is 16.8. The van der Waals surface area contributed by atoms with Crippen LogP contribution >= 0.6 is 23.5 Å². The summed E-state index contributed by atoms with van der Waals surface area (Å²) < 4.78 is 1.41. The summed E-state index contributed by atoms with van der Waals surface area (Å²) in [6.45, 7) is 12.6. The Morgan fingerprint density at radius 3 is 1.28 bits per heavy atom. The van der Waals surface area contributed by atoms with Crippen LogP contribution < -0.4 is 0 Å². The van der Waals surface area contributed by atoms with Gasteiger partial charge < -0.3 is 21.1 Å². The average molecular weight is 474 g/mol. The SMILES string of the molecule is CSC(=[SH+])[N-]N=C(C)CC(C)C.CSC(=[SH+])[N-]N=C(C)CC(C)C.[Zn]. The summed E-state index contributed by atoms with van der Waals surface area (Å²) in [7, 11) is 0. The topological polar surface area (TPSA) is 52.9 Å². The molecule has 0 heterocycles. The number of thiol groups is 2. The van der Waals surface area contributed by atoms with Gasteiger partial charge in [-0.3, -0.25) is 0 Å². The third-order valence-corrected chi connectivity index (χ3v) is 4.55. The second kappa shape index (κ2) is 19.2. The fourth-order valence-electron chi connectivity index (χ4n) is 1.60. The first-order valence-corrected chi connectivity index (χ1v) is 11.1. The van der Waals surface area contributed by atoms with Gasteiger partial charge in [0, 0.05) is 19.5 Å². The third-order valence-electron chi connectivity index (χ3n) is 2.38. The largest absolute Gasteiger partial charge is 0.520 e. The van der Waals surface area contributed by atoms with Crippen molar-refractivity contribution in [2.45, 2.75) is 54.4 Å². The van der Waals surface area contributed by atoms with Crippen LogP contribution in [0.1, 0.15) is 54.4 Å². The van der Waals surface area contributed by atoms with Crippen LogP contribution in [0.15, 0.2) is 10.2 Å². The number of hydrogen-bond acceptors (Lipinski definition) is 4.